The zero-order chi connectivity index (χ0) is 17.6. The molecule has 2 amide bonds. The van der Waals surface area contributed by atoms with Crippen LogP contribution in [0.2, 0.25) is 0 Å². The lowest BCUT2D eigenvalue weighted by Gasteiger charge is -2.13. The van der Waals surface area contributed by atoms with Crippen LogP contribution in [0.15, 0.2) is 36.4 Å². The van der Waals surface area contributed by atoms with E-state index < -0.39 is 0 Å². The second kappa shape index (κ2) is 8.12. The molecule has 0 radical (unpaired) electrons. The van der Waals surface area contributed by atoms with Gasteiger partial charge in [-0.2, -0.15) is 0 Å². The third-order valence-corrected chi connectivity index (χ3v) is 4.29. The molecule has 0 saturated heterocycles. The van der Waals surface area contributed by atoms with Gasteiger partial charge in [0.15, 0.2) is 0 Å². The molecule has 1 aliphatic carbocycles. The highest BCUT2D eigenvalue weighted by atomic mass is 16.5. The van der Waals surface area contributed by atoms with Crippen LogP contribution >= 0.6 is 0 Å². The molecule has 1 saturated carbocycles. The first-order valence-electron chi connectivity index (χ1n) is 8.88. The van der Waals surface area contributed by atoms with Crippen molar-refractivity contribution in [3.63, 3.8) is 0 Å². The molecule has 0 spiro atoms. The molecule has 1 fully saturated rings. The third-order valence-electron chi connectivity index (χ3n) is 4.29. The lowest BCUT2D eigenvalue weighted by Crippen LogP contribution is -2.27. The van der Waals surface area contributed by atoms with Gasteiger partial charge in [0.2, 0.25) is 5.91 Å². The number of hydrogen-bond acceptors (Lipinski definition) is 3. The molecular weight excluding hydrogens is 316 g/mol. The van der Waals surface area contributed by atoms with Crippen molar-refractivity contribution in [1.82, 2.24) is 5.32 Å². The van der Waals surface area contributed by atoms with Crippen LogP contribution in [0.4, 0.5) is 5.69 Å². The van der Waals surface area contributed by atoms with E-state index in [1.54, 1.807) is 0 Å². The first-order chi connectivity index (χ1) is 12.2. The van der Waals surface area contributed by atoms with Crippen LogP contribution in [0.5, 0.6) is 0 Å². The van der Waals surface area contributed by atoms with Gasteiger partial charge in [0.25, 0.3) is 5.91 Å². The standard InChI is InChI=1S/C20H24N2O3/c1-2-25-11-5-10-21-20(24)17-12-15-6-3-4-7-16(15)13-18(17)22-19(23)14-8-9-14/h3-4,6-7,12-14H,2,5,8-11H2,1H3,(H,21,24)(H,22,23). The molecule has 0 bridgehead atoms. The van der Waals surface area contributed by atoms with Gasteiger partial charge in [0.1, 0.15) is 0 Å². The molecule has 0 unspecified atom stereocenters. The van der Waals surface area contributed by atoms with Crippen molar-refractivity contribution in [2.24, 2.45) is 5.92 Å². The molecular formula is C20H24N2O3. The summed E-state index contributed by atoms with van der Waals surface area (Å²) in [6.45, 7) is 3.79. The van der Waals surface area contributed by atoms with Crippen molar-refractivity contribution in [2.45, 2.75) is 26.2 Å². The Morgan fingerprint density at radius 1 is 1.16 bits per heavy atom. The Balaban J connectivity index is 1.77. The summed E-state index contributed by atoms with van der Waals surface area (Å²) in [5.41, 5.74) is 1.09. The molecule has 0 heterocycles. The number of amides is 2. The maximum Gasteiger partial charge on any atom is 0.253 e. The molecule has 25 heavy (non-hydrogen) atoms. The van der Waals surface area contributed by atoms with Crippen LogP contribution in [0.3, 0.4) is 0 Å². The van der Waals surface area contributed by atoms with E-state index in [0.29, 0.717) is 31.0 Å². The lowest BCUT2D eigenvalue weighted by molar-refractivity contribution is -0.117. The highest BCUT2D eigenvalue weighted by Crippen LogP contribution is 2.31. The molecule has 1 aliphatic rings. The van der Waals surface area contributed by atoms with Crippen LogP contribution in [0, 0.1) is 5.92 Å². The molecule has 0 aliphatic heterocycles. The second-order valence-electron chi connectivity index (χ2n) is 6.31. The smallest absolute Gasteiger partial charge is 0.253 e. The Morgan fingerprint density at radius 3 is 2.56 bits per heavy atom. The van der Waals surface area contributed by atoms with E-state index in [9.17, 15) is 9.59 Å². The van der Waals surface area contributed by atoms with Crippen molar-refractivity contribution < 1.29 is 14.3 Å². The Morgan fingerprint density at radius 2 is 1.88 bits per heavy atom. The second-order valence-corrected chi connectivity index (χ2v) is 6.31. The Hall–Kier alpha value is -2.40. The zero-order valence-corrected chi connectivity index (χ0v) is 14.5. The summed E-state index contributed by atoms with van der Waals surface area (Å²) < 4.78 is 5.28. The molecule has 5 nitrogen and oxygen atoms in total. The summed E-state index contributed by atoms with van der Waals surface area (Å²) in [6.07, 6.45) is 2.62. The normalized spacial score (nSPS) is 13.6. The summed E-state index contributed by atoms with van der Waals surface area (Å²) in [5.74, 6) is -0.0809. The average molecular weight is 340 g/mol. The Bertz CT molecular complexity index is 769. The summed E-state index contributed by atoms with van der Waals surface area (Å²) in [5, 5.41) is 7.82. The highest BCUT2D eigenvalue weighted by Gasteiger charge is 2.30. The van der Waals surface area contributed by atoms with E-state index >= 15 is 0 Å². The number of anilines is 1. The van der Waals surface area contributed by atoms with Gasteiger partial charge in [-0.15, -0.1) is 0 Å². The number of nitrogens with one attached hydrogen (secondary N) is 2. The van der Waals surface area contributed by atoms with E-state index in [-0.39, 0.29) is 17.7 Å². The Labute approximate surface area is 147 Å². The van der Waals surface area contributed by atoms with Gasteiger partial charge in [-0.1, -0.05) is 24.3 Å². The van der Waals surface area contributed by atoms with Gasteiger partial charge in [-0.3, -0.25) is 9.59 Å². The fourth-order valence-electron chi connectivity index (χ4n) is 2.73. The van der Waals surface area contributed by atoms with Crippen molar-refractivity contribution in [3.8, 4) is 0 Å². The fraction of sp³-hybridized carbons (Fsp3) is 0.400. The molecule has 2 aromatic carbocycles. The van der Waals surface area contributed by atoms with Gasteiger partial charge in [-0.25, -0.2) is 0 Å². The van der Waals surface area contributed by atoms with E-state index in [1.807, 2.05) is 43.3 Å². The maximum absolute atomic E-state index is 12.6. The molecule has 5 heteroatoms. The summed E-state index contributed by atoms with van der Waals surface area (Å²) >= 11 is 0. The fourth-order valence-corrected chi connectivity index (χ4v) is 2.73. The zero-order valence-electron chi connectivity index (χ0n) is 14.5. The molecule has 132 valence electrons. The number of benzene rings is 2. The van der Waals surface area contributed by atoms with Gasteiger partial charge in [0.05, 0.1) is 11.3 Å². The number of carbonyl (C=O) groups excluding carboxylic acids is 2. The predicted molar refractivity (Wildman–Crippen MR) is 98.7 cm³/mol. The van der Waals surface area contributed by atoms with E-state index in [4.69, 9.17) is 4.74 Å². The average Bonchev–Trinajstić information content (AvgIpc) is 3.46. The molecule has 0 atom stereocenters. The van der Waals surface area contributed by atoms with E-state index in [1.165, 1.54) is 0 Å². The molecule has 2 N–H and O–H groups in total. The van der Waals surface area contributed by atoms with E-state index in [2.05, 4.69) is 10.6 Å². The van der Waals surface area contributed by atoms with Gasteiger partial charge in [-0.05, 0) is 49.1 Å². The monoisotopic (exact) mass is 340 g/mol. The predicted octanol–water partition coefficient (Wildman–Crippen LogP) is 3.34. The maximum atomic E-state index is 12.6. The van der Waals surface area contributed by atoms with Crippen LogP contribution in [0.1, 0.15) is 36.5 Å². The number of fused-ring (bicyclic) bond motifs is 1. The van der Waals surface area contributed by atoms with Gasteiger partial charge < -0.3 is 15.4 Å². The SMILES string of the molecule is CCOCCCNC(=O)c1cc2ccccc2cc1NC(=O)C1CC1. The lowest BCUT2D eigenvalue weighted by atomic mass is 10.0. The largest absolute Gasteiger partial charge is 0.382 e. The van der Waals surface area contributed by atoms with Crippen LogP contribution < -0.4 is 10.6 Å². The van der Waals surface area contributed by atoms with Crippen molar-refractivity contribution in [1.29, 1.82) is 0 Å². The minimum absolute atomic E-state index is 0.000627. The van der Waals surface area contributed by atoms with Crippen molar-refractivity contribution in [2.75, 3.05) is 25.1 Å². The van der Waals surface area contributed by atoms with Crippen LogP contribution in [-0.2, 0) is 9.53 Å². The molecule has 0 aromatic heterocycles. The van der Waals surface area contributed by atoms with Crippen LogP contribution in [0.25, 0.3) is 10.8 Å². The highest BCUT2D eigenvalue weighted by molar-refractivity contribution is 6.08. The first kappa shape index (κ1) is 17.4. The van der Waals surface area contributed by atoms with Gasteiger partial charge >= 0.3 is 0 Å². The summed E-state index contributed by atoms with van der Waals surface area (Å²) in [7, 11) is 0. The molecule has 2 aromatic rings. The van der Waals surface area contributed by atoms with Crippen molar-refractivity contribution in [3.05, 3.63) is 42.0 Å². The van der Waals surface area contributed by atoms with Gasteiger partial charge in [0, 0.05) is 25.7 Å². The van der Waals surface area contributed by atoms with E-state index in [0.717, 1.165) is 30.0 Å². The third kappa shape index (κ3) is 4.57. The number of carbonyl (C=O) groups is 2. The summed E-state index contributed by atoms with van der Waals surface area (Å²) in [4.78, 5) is 24.8. The minimum Gasteiger partial charge on any atom is -0.382 e. The Kier molecular flexibility index (Phi) is 5.66. The van der Waals surface area contributed by atoms with Crippen molar-refractivity contribution >= 4 is 28.3 Å². The van der Waals surface area contributed by atoms with Crippen LogP contribution in [-0.4, -0.2) is 31.6 Å². The summed E-state index contributed by atoms with van der Waals surface area (Å²) in [6, 6.07) is 11.6. The first-order valence-corrected chi connectivity index (χ1v) is 8.88. The quantitative estimate of drug-likeness (QED) is 0.724. The number of ether oxygens (including phenoxy) is 1. The number of hydrogen-bond donors (Lipinski definition) is 2. The minimum atomic E-state index is -0.173. The topological polar surface area (TPSA) is 67.4 Å². The molecule has 3 rings (SSSR count). The number of rotatable bonds is 8.